The zero-order chi connectivity index (χ0) is 15.4. The SMILES string of the molecule is CCN(C(=O)c1cc(OC)ccc1Br)c1ccc(F)cc1. The lowest BCUT2D eigenvalue weighted by molar-refractivity contribution is 0.0987. The number of nitrogens with zero attached hydrogens (tertiary/aromatic N) is 1. The summed E-state index contributed by atoms with van der Waals surface area (Å²) in [5.41, 5.74) is 1.15. The predicted octanol–water partition coefficient (Wildman–Crippen LogP) is 4.26. The number of rotatable bonds is 4. The Labute approximate surface area is 131 Å². The monoisotopic (exact) mass is 351 g/mol. The molecule has 21 heavy (non-hydrogen) atoms. The van der Waals surface area contributed by atoms with Crippen molar-refractivity contribution in [2.45, 2.75) is 6.92 Å². The van der Waals surface area contributed by atoms with Crippen molar-refractivity contribution >= 4 is 27.5 Å². The van der Waals surface area contributed by atoms with E-state index in [0.717, 1.165) is 0 Å². The van der Waals surface area contributed by atoms with Crippen molar-refractivity contribution in [3.05, 3.63) is 58.3 Å². The van der Waals surface area contributed by atoms with Crippen molar-refractivity contribution in [2.75, 3.05) is 18.6 Å². The summed E-state index contributed by atoms with van der Waals surface area (Å²) in [5.74, 6) is 0.108. The summed E-state index contributed by atoms with van der Waals surface area (Å²) in [5, 5.41) is 0. The van der Waals surface area contributed by atoms with Gasteiger partial charge in [0.15, 0.2) is 0 Å². The third-order valence-corrected chi connectivity index (χ3v) is 3.80. The zero-order valence-corrected chi connectivity index (χ0v) is 13.4. The van der Waals surface area contributed by atoms with Gasteiger partial charge in [-0.05, 0) is 65.3 Å². The molecule has 0 heterocycles. The van der Waals surface area contributed by atoms with E-state index in [1.807, 2.05) is 6.92 Å². The molecule has 0 aliphatic rings. The Morgan fingerprint density at radius 3 is 2.48 bits per heavy atom. The van der Waals surface area contributed by atoms with E-state index in [9.17, 15) is 9.18 Å². The van der Waals surface area contributed by atoms with Crippen molar-refractivity contribution < 1.29 is 13.9 Å². The van der Waals surface area contributed by atoms with Crippen LogP contribution in [0, 0.1) is 5.82 Å². The third-order valence-electron chi connectivity index (χ3n) is 3.10. The maximum atomic E-state index is 13.0. The fourth-order valence-corrected chi connectivity index (χ4v) is 2.42. The molecule has 0 saturated heterocycles. The van der Waals surface area contributed by atoms with Crippen LogP contribution in [-0.2, 0) is 0 Å². The summed E-state index contributed by atoms with van der Waals surface area (Å²) >= 11 is 3.38. The minimum absolute atomic E-state index is 0.171. The van der Waals surface area contributed by atoms with Crippen LogP contribution in [-0.4, -0.2) is 19.6 Å². The number of carbonyl (C=O) groups is 1. The Kier molecular flexibility index (Phi) is 4.96. The van der Waals surface area contributed by atoms with Gasteiger partial charge in [-0.25, -0.2) is 4.39 Å². The van der Waals surface area contributed by atoms with E-state index in [2.05, 4.69) is 15.9 Å². The molecule has 1 amide bonds. The second-order valence-corrected chi connectivity index (χ2v) is 5.23. The summed E-state index contributed by atoms with van der Waals surface area (Å²) in [6.45, 7) is 2.35. The van der Waals surface area contributed by atoms with Gasteiger partial charge in [0.1, 0.15) is 11.6 Å². The molecule has 2 rings (SSSR count). The molecular weight excluding hydrogens is 337 g/mol. The highest BCUT2D eigenvalue weighted by atomic mass is 79.9. The van der Waals surface area contributed by atoms with Crippen LogP contribution in [0.15, 0.2) is 46.9 Å². The smallest absolute Gasteiger partial charge is 0.259 e. The van der Waals surface area contributed by atoms with Gasteiger partial charge in [-0.2, -0.15) is 0 Å². The Morgan fingerprint density at radius 2 is 1.90 bits per heavy atom. The number of benzene rings is 2. The fourth-order valence-electron chi connectivity index (χ4n) is 2.01. The van der Waals surface area contributed by atoms with E-state index >= 15 is 0 Å². The first-order valence-electron chi connectivity index (χ1n) is 6.47. The van der Waals surface area contributed by atoms with Crippen molar-refractivity contribution in [2.24, 2.45) is 0 Å². The van der Waals surface area contributed by atoms with E-state index in [0.29, 0.717) is 28.0 Å². The molecule has 3 nitrogen and oxygen atoms in total. The van der Waals surface area contributed by atoms with Crippen LogP contribution in [0.1, 0.15) is 17.3 Å². The molecule has 110 valence electrons. The molecule has 0 aliphatic carbocycles. The molecular formula is C16H15BrFNO2. The first-order valence-corrected chi connectivity index (χ1v) is 7.27. The van der Waals surface area contributed by atoms with Crippen molar-refractivity contribution in [3.63, 3.8) is 0 Å². The summed E-state index contributed by atoms with van der Waals surface area (Å²) in [6.07, 6.45) is 0. The molecule has 0 atom stereocenters. The number of amides is 1. The lowest BCUT2D eigenvalue weighted by Gasteiger charge is -2.22. The lowest BCUT2D eigenvalue weighted by atomic mass is 10.1. The van der Waals surface area contributed by atoms with Gasteiger partial charge in [0.05, 0.1) is 12.7 Å². The predicted molar refractivity (Wildman–Crippen MR) is 84.4 cm³/mol. The molecule has 0 fully saturated rings. The maximum Gasteiger partial charge on any atom is 0.259 e. The number of methoxy groups -OCH3 is 1. The second-order valence-electron chi connectivity index (χ2n) is 4.37. The van der Waals surface area contributed by atoms with Gasteiger partial charge >= 0.3 is 0 Å². The summed E-state index contributed by atoms with van der Waals surface area (Å²) < 4.78 is 18.9. The van der Waals surface area contributed by atoms with Crippen LogP contribution in [0.2, 0.25) is 0 Å². The van der Waals surface area contributed by atoms with Crippen LogP contribution in [0.3, 0.4) is 0 Å². The summed E-state index contributed by atoms with van der Waals surface area (Å²) in [4.78, 5) is 14.3. The molecule has 0 saturated carbocycles. The van der Waals surface area contributed by atoms with E-state index in [1.165, 1.54) is 12.1 Å². The third kappa shape index (κ3) is 3.42. The summed E-state index contributed by atoms with van der Waals surface area (Å²) in [7, 11) is 1.55. The van der Waals surface area contributed by atoms with Gasteiger partial charge in [0, 0.05) is 16.7 Å². The van der Waals surface area contributed by atoms with Crippen LogP contribution in [0.5, 0.6) is 5.75 Å². The van der Waals surface area contributed by atoms with Gasteiger partial charge < -0.3 is 9.64 Å². The van der Waals surface area contributed by atoms with Crippen LogP contribution < -0.4 is 9.64 Å². The maximum absolute atomic E-state index is 13.0. The average Bonchev–Trinajstić information content (AvgIpc) is 2.50. The number of carbonyl (C=O) groups excluding carboxylic acids is 1. The first-order chi connectivity index (χ1) is 10.1. The number of anilines is 1. The molecule has 5 heteroatoms. The zero-order valence-electron chi connectivity index (χ0n) is 11.8. The van der Waals surface area contributed by atoms with E-state index in [-0.39, 0.29) is 11.7 Å². The molecule has 0 aliphatic heterocycles. The minimum Gasteiger partial charge on any atom is -0.497 e. The van der Waals surface area contributed by atoms with Gasteiger partial charge in [0.25, 0.3) is 5.91 Å². The van der Waals surface area contributed by atoms with Crippen molar-refractivity contribution in [1.82, 2.24) is 0 Å². The number of ether oxygens (including phenoxy) is 1. The van der Waals surface area contributed by atoms with Crippen molar-refractivity contribution in [1.29, 1.82) is 0 Å². The topological polar surface area (TPSA) is 29.5 Å². The highest BCUT2D eigenvalue weighted by molar-refractivity contribution is 9.10. The second kappa shape index (κ2) is 6.72. The lowest BCUT2D eigenvalue weighted by Crippen LogP contribution is -2.30. The Hall–Kier alpha value is -1.88. The molecule has 0 unspecified atom stereocenters. The molecule has 0 bridgehead atoms. The van der Waals surface area contributed by atoms with Crippen LogP contribution >= 0.6 is 15.9 Å². The van der Waals surface area contributed by atoms with E-state index in [1.54, 1.807) is 42.3 Å². The van der Waals surface area contributed by atoms with Gasteiger partial charge in [-0.3, -0.25) is 4.79 Å². The standard InChI is InChI=1S/C16H15BrFNO2/c1-3-19(12-6-4-11(18)5-7-12)16(20)14-10-13(21-2)8-9-15(14)17/h4-10H,3H2,1-2H3. The molecule has 2 aromatic carbocycles. The fraction of sp³-hybridized carbons (Fsp3) is 0.188. The molecule has 0 N–H and O–H groups in total. The first kappa shape index (κ1) is 15.5. The molecule has 0 radical (unpaired) electrons. The number of hydrogen-bond donors (Lipinski definition) is 0. The number of hydrogen-bond acceptors (Lipinski definition) is 2. The van der Waals surface area contributed by atoms with E-state index < -0.39 is 0 Å². The largest absolute Gasteiger partial charge is 0.497 e. The molecule has 0 aromatic heterocycles. The van der Waals surface area contributed by atoms with Gasteiger partial charge in [-0.1, -0.05) is 0 Å². The van der Waals surface area contributed by atoms with Crippen LogP contribution in [0.25, 0.3) is 0 Å². The summed E-state index contributed by atoms with van der Waals surface area (Å²) in [6, 6.07) is 11.1. The van der Waals surface area contributed by atoms with Gasteiger partial charge in [-0.15, -0.1) is 0 Å². The highest BCUT2D eigenvalue weighted by Gasteiger charge is 2.19. The highest BCUT2D eigenvalue weighted by Crippen LogP contribution is 2.26. The molecule has 0 spiro atoms. The minimum atomic E-state index is -0.329. The molecule has 2 aromatic rings. The van der Waals surface area contributed by atoms with Gasteiger partial charge in [0.2, 0.25) is 0 Å². The Balaban J connectivity index is 2.38. The average molecular weight is 352 g/mol. The van der Waals surface area contributed by atoms with E-state index in [4.69, 9.17) is 4.74 Å². The Morgan fingerprint density at radius 1 is 1.24 bits per heavy atom. The number of halogens is 2. The normalized spacial score (nSPS) is 10.3. The van der Waals surface area contributed by atoms with Crippen molar-refractivity contribution in [3.8, 4) is 5.75 Å². The van der Waals surface area contributed by atoms with Crippen LogP contribution in [0.4, 0.5) is 10.1 Å². The Bertz CT molecular complexity index is 643. The quantitative estimate of drug-likeness (QED) is 0.823.